The Morgan fingerprint density at radius 3 is 2.57 bits per heavy atom. The molecule has 0 unspecified atom stereocenters. The molecule has 1 atom stereocenters. The second-order valence-electron chi connectivity index (χ2n) is 9.17. The smallest absolute Gasteiger partial charge is 0.237 e. The molecule has 8 nitrogen and oxygen atoms in total. The van der Waals surface area contributed by atoms with Crippen LogP contribution >= 0.6 is 11.8 Å². The zero-order valence-electron chi connectivity index (χ0n) is 20.1. The first kappa shape index (κ1) is 23.4. The Bertz CT molecular complexity index is 1220. The molecule has 0 spiro atoms. The topological polar surface area (TPSA) is 83.4 Å². The Morgan fingerprint density at radius 2 is 1.80 bits per heavy atom. The van der Waals surface area contributed by atoms with E-state index in [0.717, 1.165) is 43.3 Å². The van der Waals surface area contributed by atoms with Crippen molar-refractivity contribution in [2.45, 2.75) is 50.7 Å². The minimum absolute atomic E-state index is 0.0653. The summed E-state index contributed by atoms with van der Waals surface area (Å²) >= 11 is 1.38. The predicted molar refractivity (Wildman–Crippen MR) is 140 cm³/mol. The van der Waals surface area contributed by atoms with Crippen LogP contribution < -0.4 is 15.1 Å². The molecule has 1 saturated heterocycles. The third kappa shape index (κ3) is 4.91. The molecule has 2 amide bonds. The van der Waals surface area contributed by atoms with Gasteiger partial charge in [0.1, 0.15) is 0 Å². The summed E-state index contributed by atoms with van der Waals surface area (Å²) in [7, 11) is 0. The van der Waals surface area contributed by atoms with E-state index in [1.165, 1.54) is 23.7 Å². The summed E-state index contributed by atoms with van der Waals surface area (Å²) in [5, 5.41) is 12.6. The molecule has 0 saturated carbocycles. The lowest BCUT2D eigenvalue weighted by Crippen LogP contribution is -2.40. The van der Waals surface area contributed by atoms with Crippen LogP contribution in [0.5, 0.6) is 0 Å². The molecule has 3 aromatic rings. The number of nitrogens with one attached hydrogen (secondary N) is 1. The van der Waals surface area contributed by atoms with Gasteiger partial charge < -0.3 is 15.1 Å². The quantitative estimate of drug-likeness (QED) is 0.533. The number of benzene rings is 2. The van der Waals surface area contributed by atoms with Crippen LogP contribution in [0.3, 0.4) is 0 Å². The van der Waals surface area contributed by atoms with Crippen molar-refractivity contribution in [2.24, 2.45) is 0 Å². The number of hydrogen-bond acceptors (Lipinski definition) is 6. The zero-order valence-corrected chi connectivity index (χ0v) is 20.9. The highest BCUT2D eigenvalue weighted by atomic mass is 32.2. The van der Waals surface area contributed by atoms with E-state index in [-0.39, 0.29) is 30.0 Å². The molecule has 3 heterocycles. The third-order valence-electron chi connectivity index (χ3n) is 6.50. The van der Waals surface area contributed by atoms with E-state index in [1.807, 2.05) is 31.2 Å². The Kier molecular flexibility index (Phi) is 6.77. The average Bonchev–Trinajstić information content (AvgIpc) is 3.23. The van der Waals surface area contributed by atoms with Crippen molar-refractivity contribution in [3.63, 3.8) is 0 Å². The van der Waals surface area contributed by atoms with Crippen LogP contribution in [0.15, 0.2) is 53.7 Å². The van der Waals surface area contributed by atoms with Gasteiger partial charge in [0.15, 0.2) is 5.16 Å². The Hall–Kier alpha value is -3.33. The molecular weight excluding hydrogens is 460 g/mol. The van der Waals surface area contributed by atoms with Crippen LogP contribution in [0.4, 0.5) is 17.3 Å². The molecule has 1 N–H and O–H groups in total. The van der Waals surface area contributed by atoms with Crippen LogP contribution in [0.1, 0.15) is 38.2 Å². The van der Waals surface area contributed by atoms with Gasteiger partial charge in [0.2, 0.25) is 17.8 Å². The molecular formula is C26H30N6O2S. The van der Waals surface area contributed by atoms with Crippen LogP contribution in [0.2, 0.25) is 0 Å². The maximum atomic E-state index is 13.5. The number of anilines is 3. The SMILES string of the molecule is Cc1ccc(-n2c(SCC(=O)N3c4ccccc4NC(=O)C[C@H]3C)nnc2N2CCCCC2)cc1. The van der Waals surface area contributed by atoms with Crippen LogP contribution in [-0.4, -0.2) is 51.5 Å². The van der Waals surface area contributed by atoms with Crippen molar-refractivity contribution < 1.29 is 9.59 Å². The summed E-state index contributed by atoms with van der Waals surface area (Å²) in [5.41, 5.74) is 3.56. The van der Waals surface area contributed by atoms with Crippen LogP contribution in [-0.2, 0) is 9.59 Å². The molecule has 1 aromatic heterocycles. The van der Waals surface area contributed by atoms with E-state index in [9.17, 15) is 9.59 Å². The number of fused-ring (bicyclic) bond motifs is 1. The molecule has 0 bridgehead atoms. The number of rotatable bonds is 5. The van der Waals surface area contributed by atoms with E-state index in [1.54, 1.807) is 4.90 Å². The molecule has 0 radical (unpaired) electrons. The number of hydrogen-bond donors (Lipinski definition) is 1. The number of carbonyl (C=O) groups is 2. The largest absolute Gasteiger partial charge is 0.341 e. The molecule has 1 fully saturated rings. The highest BCUT2D eigenvalue weighted by Crippen LogP contribution is 2.33. The minimum Gasteiger partial charge on any atom is -0.341 e. The van der Waals surface area contributed by atoms with Gasteiger partial charge in [-0.1, -0.05) is 41.6 Å². The van der Waals surface area contributed by atoms with E-state index < -0.39 is 0 Å². The minimum atomic E-state index is -0.245. The maximum Gasteiger partial charge on any atom is 0.237 e. The fourth-order valence-electron chi connectivity index (χ4n) is 4.74. The maximum absolute atomic E-state index is 13.5. The molecule has 5 rings (SSSR count). The number of para-hydroxylation sites is 2. The second-order valence-corrected chi connectivity index (χ2v) is 10.1. The lowest BCUT2D eigenvalue weighted by atomic mass is 10.1. The predicted octanol–water partition coefficient (Wildman–Crippen LogP) is 4.42. The average molecular weight is 491 g/mol. The second kappa shape index (κ2) is 10.1. The summed E-state index contributed by atoms with van der Waals surface area (Å²) < 4.78 is 2.06. The van der Waals surface area contributed by atoms with Crippen molar-refractivity contribution in [3.05, 3.63) is 54.1 Å². The molecule has 0 aliphatic carbocycles. The molecule has 2 aliphatic rings. The summed E-state index contributed by atoms with van der Waals surface area (Å²) in [5.74, 6) is 0.867. The van der Waals surface area contributed by atoms with Crippen LogP contribution in [0.25, 0.3) is 5.69 Å². The van der Waals surface area contributed by atoms with Gasteiger partial charge >= 0.3 is 0 Å². The number of carbonyl (C=O) groups excluding carboxylic acids is 2. The Labute approximate surface area is 209 Å². The van der Waals surface area contributed by atoms with Gasteiger partial charge in [0.25, 0.3) is 0 Å². The normalized spacial score (nSPS) is 18.1. The molecule has 2 aliphatic heterocycles. The zero-order chi connectivity index (χ0) is 24.4. The van der Waals surface area contributed by atoms with Crippen molar-refractivity contribution in [3.8, 4) is 5.69 Å². The van der Waals surface area contributed by atoms with Gasteiger partial charge in [0.05, 0.1) is 22.8 Å². The van der Waals surface area contributed by atoms with Crippen molar-refractivity contribution in [1.82, 2.24) is 14.8 Å². The van der Waals surface area contributed by atoms with Gasteiger partial charge in [-0.25, -0.2) is 0 Å². The summed E-state index contributed by atoms with van der Waals surface area (Å²) in [4.78, 5) is 29.8. The monoisotopic (exact) mass is 490 g/mol. The first-order chi connectivity index (χ1) is 17.0. The Balaban J connectivity index is 1.42. The van der Waals surface area contributed by atoms with Crippen LogP contribution in [0, 0.1) is 6.92 Å². The Morgan fingerprint density at radius 1 is 1.06 bits per heavy atom. The first-order valence-electron chi connectivity index (χ1n) is 12.1. The van der Waals surface area contributed by atoms with E-state index in [2.05, 4.69) is 56.2 Å². The van der Waals surface area contributed by atoms with Crippen molar-refractivity contribution in [2.75, 3.05) is 34.0 Å². The van der Waals surface area contributed by atoms with Gasteiger partial charge in [0, 0.05) is 25.6 Å². The highest BCUT2D eigenvalue weighted by molar-refractivity contribution is 7.99. The first-order valence-corrected chi connectivity index (χ1v) is 13.1. The molecule has 2 aromatic carbocycles. The van der Waals surface area contributed by atoms with Gasteiger partial charge in [-0.2, -0.15) is 0 Å². The number of piperidine rings is 1. The summed E-state index contributed by atoms with van der Waals surface area (Å²) in [6, 6.07) is 15.5. The summed E-state index contributed by atoms with van der Waals surface area (Å²) in [6.45, 7) is 5.89. The molecule has 35 heavy (non-hydrogen) atoms. The third-order valence-corrected chi connectivity index (χ3v) is 7.41. The van der Waals surface area contributed by atoms with E-state index in [0.29, 0.717) is 10.8 Å². The number of amides is 2. The fraction of sp³-hybridized carbons (Fsp3) is 0.385. The van der Waals surface area contributed by atoms with Crippen molar-refractivity contribution >= 4 is 40.9 Å². The standard InChI is InChI=1S/C26H30N6O2S/c1-18-10-12-20(13-11-18)32-25(30-14-6-3-7-15-30)28-29-26(32)35-17-24(34)31-19(2)16-23(33)27-21-8-4-5-9-22(21)31/h4-5,8-13,19H,3,6-7,14-17H2,1-2H3,(H,27,33)/t19-/m1/s1. The highest BCUT2D eigenvalue weighted by Gasteiger charge is 2.30. The lowest BCUT2D eigenvalue weighted by molar-refractivity contribution is -0.117. The van der Waals surface area contributed by atoms with Gasteiger partial charge in [-0.05, 0) is 57.4 Å². The number of aromatic nitrogens is 3. The van der Waals surface area contributed by atoms with Crippen molar-refractivity contribution in [1.29, 1.82) is 0 Å². The molecule has 182 valence electrons. The number of nitrogens with zero attached hydrogens (tertiary/aromatic N) is 5. The fourth-order valence-corrected chi connectivity index (χ4v) is 5.54. The number of aryl methyl sites for hydroxylation is 1. The lowest BCUT2D eigenvalue weighted by Gasteiger charge is -2.28. The van der Waals surface area contributed by atoms with Gasteiger partial charge in [-0.3, -0.25) is 14.2 Å². The van der Waals surface area contributed by atoms with E-state index in [4.69, 9.17) is 0 Å². The van der Waals surface area contributed by atoms with Gasteiger partial charge in [-0.15, -0.1) is 10.2 Å². The number of thioether (sulfide) groups is 1. The van der Waals surface area contributed by atoms with E-state index >= 15 is 0 Å². The summed E-state index contributed by atoms with van der Waals surface area (Å²) in [6.07, 6.45) is 3.77. The molecule has 9 heteroatoms.